The molecule has 0 saturated carbocycles. The predicted molar refractivity (Wildman–Crippen MR) is 45.4 cm³/mol. The van der Waals surface area contributed by atoms with Crippen LogP contribution in [-0.4, -0.2) is 17.5 Å². The summed E-state index contributed by atoms with van der Waals surface area (Å²) in [4.78, 5) is 9.97. The number of carbonyl (C=O) groups excluding carboxylic acids is 1. The van der Waals surface area contributed by atoms with E-state index in [0.29, 0.717) is 6.29 Å². The summed E-state index contributed by atoms with van der Waals surface area (Å²) in [5.74, 6) is 0. The van der Waals surface area contributed by atoms with Crippen LogP contribution in [0.25, 0.3) is 6.08 Å². The van der Waals surface area contributed by atoms with Crippen LogP contribution in [0.3, 0.4) is 0 Å². The van der Waals surface area contributed by atoms with Crippen molar-refractivity contribution in [2.24, 2.45) is 0 Å². The van der Waals surface area contributed by atoms with E-state index >= 15 is 0 Å². The first-order chi connectivity index (χ1) is 5.33. The Bertz CT molecular complexity index is 239. The van der Waals surface area contributed by atoms with Crippen LogP contribution in [0.1, 0.15) is 5.56 Å². The fraction of sp³-hybridized carbons (Fsp3) is 0.125. The molecule has 1 aromatic rings. The number of thiophene rings is 1. The summed E-state index contributed by atoms with van der Waals surface area (Å²) in [5, 5.41) is 12.7. The Kier molecular flexibility index (Phi) is 3.01. The summed E-state index contributed by atoms with van der Waals surface area (Å²) in [6.07, 6.45) is 2.68. The summed E-state index contributed by atoms with van der Waals surface area (Å²) in [6, 6.07) is 1.92. The maximum Gasteiger partial charge on any atom is 0.152 e. The summed E-state index contributed by atoms with van der Waals surface area (Å²) >= 11 is 1.58. The Morgan fingerprint density at radius 2 is 2.45 bits per heavy atom. The minimum Gasteiger partial charge on any atom is -0.381 e. The molecule has 1 unspecified atom stereocenters. The number of aliphatic hydroxyl groups is 1. The SMILES string of the molecule is O=CC(O)C=Cc1ccsc1. The fourth-order valence-electron chi connectivity index (χ4n) is 0.625. The van der Waals surface area contributed by atoms with Gasteiger partial charge in [-0.3, -0.25) is 0 Å². The molecular formula is C8H8O2S. The minimum absolute atomic E-state index is 0.489. The van der Waals surface area contributed by atoms with E-state index in [2.05, 4.69) is 0 Å². The molecule has 3 heteroatoms. The molecule has 58 valence electrons. The molecular weight excluding hydrogens is 160 g/mol. The van der Waals surface area contributed by atoms with Gasteiger partial charge in [-0.05, 0) is 28.5 Å². The van der Waals surface area contributed by atoms with Crippen LogP contribution >= 0.6 is 11.3 Å². The molecule has 11 heavy (non-hydrogen) atoms. The summed E-state index contributed by atoms with van der Waals surface area (Å²) < 4.78 is 0. The molecule has 1 atom stereocenters. The highest BCUT2D eigenvalue weighted by Gasteiger charge is 1.92. The summed E-state index contributed by atoms with van der Waals surface area (Å²) in [6.45, 7) is 0. The highest BCUT2D eigenvalue weighted by atomic mass is 32.1. The molecule has 1 aromatic heterocycles. The van der Waals surface area contributed by atoms with Crippen molar-refractivity contribution in [2.75, 3.05) is 0 Å². The third-order valence-corrected chi connectivity index (χ3v) is 1.87. The lowest BCUT2D eigenvalue weighted by atomic mass is 10.2. The van der Waals surface area contributed by atoms with Crippen molar-refractivity contribution in [3.8, 4) is 0 Å². The van der Waals surface area contributed by atoms with Crippen LogP contribution in [0.2, 0.25) is 0 Å². The first-order valence-corrected chi connectivity index (χ1v) is 4.11. The molecule has 1 N–H and O–H groups in total. The average molecular weight is 168 g/mol. The second-order valence-corrected chi connectivity index (χ2v) is 2.82. The first-order valence-electron chi connectivity index (χ1n) is 3.16. The third-order valence-electron chi connectivity index (χ3n) is 1.17. The van der Waals surface area contributed by atoms with Gasteiger partial charge in [0.05, 0.1) is 0 Å². The molecule has 0 fully saturated rings. The van der Waals surface area contributed by atoms with E-state index in [-0.39, 0.29) is 0 Å². The quantitative estimate of drug-likeness (QED) is 0.691. The number of aldehydes is 1. The Morgan fingerprint density at radius 1 is 1.64 bits per heavy atom. The van der Waals surface area contributed by atoms with Gasteiger partial charge in [-0.25, -0.2) is 0 Å². The second kappa shape index (κ2) is 4.05. The largest absolute Gasteiger partial charge is 0.381 e. The van der Waals surface area contributed by atoms with Gasteiger partial charge in [-0.1, -0.05) is 6.08 Å². The molecule has 2 nitrogen and oxygen atoms in total. The van der Waals surface area contributed by atoms with Crippen molar-refractivity contribution in [1.82, 2.24) is 0 Å². The topological polar surface area (TPSA) is 37.3 Å². The van der Waals surface area contributed by atoms with E-state index in [9.17, 15) is 4.79 Å². The van der Waals surface area contributed by atoms with Crippen molar-refractivity contribution < 1.29 is 9.90 Å². The highest BCUT2D eigenvalue weighted by molar-refractivity contribution is 7.08. The van der Waals surface area contributed by atoms with Crippen molar-refractivity contribution in [3.05, 3.63) is 28.5 Å². The standard InChI is InChI=1S/C8H8O2S/c9-5-8(10)2-1-7-3-4-11-6-7/h1-6,8,10H. The van der Waals surface area contributed by atoms with E-state index in [1.165, 1.54) is 6.08 Å². The molecule has 0 saturated heterocycles. The molecule has 0 aliphatic heterocycles. The van der Waals surface area contributed by atoms with Crippen LogP contribution in [0.5, 0.6) is 0 Å². The highest BCUT2D eigenvalue weighted by Crippen LogP contribution is 2.07. The molecule has 1 heterocycles. The number of aliphatic hydroxyl groups excluding tert-OH is 1. The Labute approximate surface area is 68.8 Å². The van der Waals surface area contributed by atoms with Crippen LogP contribution in [-0.2, 0) is 4.79 Å². The molecule has 0 amide bonds. The number of carbonyl (C=O) groups is 1. The monoisotopic (exact) mass is 168 g/mol. The van der Waals surface area contributed by atoms with Crippen molar-refractivity contribution in [2.45, 2.75) is 6.10 Å². The van der Waals surface area contributed by atoms with Gasteiger partial charge in [0.1, 0.15) is 6.10 Å². The molecule has 0 aliphatic carbocycles. The van der Waals surface area contributed by atoms with Gasteiger partial charge in [0.2, 0.25) is 0 Å². The second-order valence-electron chi connectivity index (χ2n) is 2.04. The van der Waals surface area contributed by atoms with Gasteiger partial charge in [-0.2, -0.15) is 11.3 Å². The van der Waals surface area contributed by atoms with Gasteiger partial charge in [0, 0.05) is 0 Å². The predicted octanol–water partition coefficient (Wildman–Crippen LogP) is 1.32. The Hall–Kier alpha value is -0.930. The Balaban J connectivity index is 2.55. The molecule has 1 rings (SSSR count). The van der Waals surface area contributed by atoms with Crippen molar-refractivity contribution >= 4 is 23.7 Å². The smallest absolute Gasteiger partial charge is 0.152 e. The van der Waals surface area contributed by atoms with Crippen LogP contribution in [0.4, 0.5) is 0 Å². The van der Waals surface area contributed by atoms with E-state index in [0.717, 1.165) is 5.56 Å². The normalized spacial score (nSPS) is 13.5. The van der Waals surface area contributed by atoms with E-state index < -0.39 is 6.10 Å². The number of hydrogen-bond donors (Lipinski definition) is 1. The molecule has 0 bridgehead atoms. The van der Waals surface area contributed by atoms with Gasteiger partial charge in [0.15, 0.2) is 6.29 Å². The summed E-state index contributed by atoms with van der Waals surface area (Å²) in [7, 11) is 0. The first kappa shape index (κ1) is 8.17. The minimum atomic E-state index is -0.977. The number of rotatable bonds is 3. The van der Waals surface area contributed by atoms with Crippen LogP contribution < -0.4 is 0 Å². The van der Waals surface area contributed by atoms with Crippen LogP contribution in [0, 0.1) is 0 Å². The van der Waals surface area contributed by atoms with E-state index in [1.807, 2.05) is 16.8 Å². The Morgan fingerprint density at radius 3 is 3.00 bits per heavy atom. The van der Waals surface area contributed by atoms with Crippen molar-refractivity contribution in [3.63, 3.8) is 0 Å². The zero-order valence-electron chi connectivity index (χ0n) is 5.81. The zero-order chi connectivity index (χ0) is 8.10. The maximum atomic E-state index is 9.97. The lowest BCUT2D eigenvalue weighted by Crippen LogP contribution is -2.01. The van der Waals surface area contributed by atoms with Crippen molar-refractivity contribution in [1.29, 1.82) is 0 Å². The lowest BCUT2D eigenvalue weighted by molar-refractivity contribution is -0.112. The molecule has 0 aromatic carbocycles. The average Bonchev–Trinajstić information content (AvgIpc) is 2.52. The van der Waals surface area contributed by atoms with Gasteiger partial charge >= 0.3 is 0 Å². The van der Waals surface area contributed by atoms with Gasteiger partial charge < -0.3 is 9.90 Å². The molecule has 0 radical (unpaired) electrons. The lowest BCUT2D eigenvalue weighted by Gasteiger charge is -1.89. The molecule has 0 spiro atoms. The van der Waals surface area contributed by atoms with Crippen LogP contribution in [0.15, 0.2) is 22.9 Å². The maximum absolute atomic E-state index is 9.97. The fourth-order valence-corrected chi connectivity index (χ4v) is 1.25. The number of hydrogen-bond acceptors (Lipinski definition) is 3. The van der Waals surface area contributed by atoms with E-state index in [1.54, 1.807) is 17.4 Å². The van der Waals surface area contributed by atoms with Gasteiger partial charge in [-0.15, -0.1) is 0 Å². The zero-order valence-corrected chi connectivity index (χ0v) is 6.62. The van der Waals surface area contributed by atoms with Gasteiger partial charge in [0.25, 0.3) is 0 Å². The third kappa shape index (κ3) is 2.65. The molecule has 0 aliphatic rings. The summed E-state index contributed by atoms with van der Waals surface area (Å²) in [5.41, 5.74) is 1.01. The van der Waals surface area contributed by atoms with E-state index in [4.69, 9.17) is 5.11 Å².